The van der Waals surface area contributed by atoms with Crippen LogP contribution >= 0.6 is 0 Å². The fraction of sp³-hybridized carbons (Fsp3) is 0.500. The lowest BCUT2D eigenvalue weighted by molar-refractivity contribution is -0.118. The fourth-order valence-electron chi connectivity index (χ4n) is 2.17. The molecule has 1 aromatic rings. The van der Waals surface area contributed by atoms with Gasteiger partial charge < -0.3 is 14.8 Å². The first-order valence-electron chi connectivity index (χ1n) is 7.45. The molecule has 0 unspecified atom stereocenters. The summed E-state index contributed by atoms with van der Waals surface area (Å²) >= 11 is 0. The molecule has 1 heterocycles. The number of nitrogens with one attached hydrogen (secondary N) is 1. The van der Waals surface area contributed by atoms with Crippen molar-refractivity contribution < 1.29 is 19.1 Å². The minimum atomic E-state index is -0.390. The van der Waals surface area contributed by atoms with E-state index in [0.29, 0.717) is 31.0 Å². The molecular weight excluding hydrogens is 284 g/mol. The number of rotatable bonds is 5. The minimum absolute atomic E-state index is 0.101. The van der Waals surface area contributed by atoms with E-state index in [1.54, 1.807) is 38.1 Å². The fourth-order valence-corrected chi connectivity index (χ4v) is 2.17. The van der Waals surface area contributed by atoms with E-state index in [0.717, 1.165) is 13.1 Å². The molecule has 1 aromatic carbocycles. The Hall–Kier alpha value is -1.92. The number of hydrogen-bond acceptors (Lipinski definition) is 5. The Bertz CT molecular complexity index is 525. The van der Waals surface area contributed by atoms with Gasteiger partial charge in [-0.25, -0.2) is 4.79 Å². The van der Waals surface area contributed by atoms with Gasteiger partial charge in [0.1, 0.15) is 0 Å². The molecule has 1 aliphatic rings. The molecule has 0 saturated carbocycles. The number of nitrogens with zero attached hydrogens (tertiary/aromatic N) is 1. The second kappa shape index (κ2) is 7.91. The van der Waals surface area contributed by atoms with Crippen molar-refractivity contribution in [1.82, 2.24) is 4.90 Å². The zero-order valence-corrected chi connectivity index (χ0v) is 13.0. The van der Waals surface area contributed by atoms with Crippen LogP contribution in [0.3, 0.4) is 0 Å². The summed E-state index contributed by atoms with van der Waals surface area (Å²) in [5, 5.41) is 2.81. The molecule has 120 valence electrons. The number of benzene rings is 1. The van der Waals surface area contributed by atoms with E-state index in [1.165, 1.54) is 0 Å². The molecular formula is C16H22N2O4. The Morgan fingerprint density at radius 2 is 2.05 bits per heavy atom. The molecule has 0 bridgehead atoms. The summed E-state index contributed by atoms with van der Waals surface area (Å²) in [5.74, 6) is -0.490. The molecule has 1 N–H and O–H groups in total. The third kappa shape index (κ3) is 5.13. The molecule has 1 fully saturated rings. The summed E-state index contributed by atoms with van der Waals surface area (Å²) in [7, 11) is 0. The van der Waals surface area contributed by atoms with Gasteiger partial charge >= 0.3 is 5.97 Å². The van der Waals surface area contributed by atoms with Crippen LogP contribution in [0.25, 0.3) is 0 Å². The molecule has 0 spiro atoms. The van der Waals surface area contributed by atoms with Crippen LogP contribution in [-0.2, 0) is 14.3 Å². The molecule has 0 aromatic heterocycles. The van der Waals surface area contributed by atoms with Gasteiger partial charge in [0.05, 0.1) is 31.4 Å². The topological polar surface area (TPSA) is 67.9 Å². The minimum Gasteiger partial charge on any atom is -0.459 e. The predicted molar refractivity (Wildman–Crippen MR) is 82.9 cm³/mol. The van der Waals surface area contributed by atoms with E-state index in [9.17, 15) is 9.59 Å². The predicted octanol–water partition coefficient (Wildman–Crippen LogP) is 1.52. The maximum absolute atomic E-state index is 12.0. The Morgan fingerprint density at radius 3 is 2.73 bits per heavy atom. The standard InChI is InChI=1S/C16H22N2O4/c1-12(2)22-16(20)13-4-3-5-14(10-13)17-15(19)11-18-6-8-21-9-7-18/h3-5,10,12H,6-9,11H2,1-2H3,(H,17,19). The highest BCUT2D eigenvalue weighted by atomic mass is 16.5. The average Bonchev–Trinajstić information content (AvgIpc) is 2.47. The molecule has 0 aliphatic carbocycles. The highest BCUT2D eigenvalue weighted by Crippen LogP contribution is 2.12. The second-order valence-corrected chi connectivity index (χ2v) is 5.47. The highest BCUT2D eigenvalue weighted by molar-refractivity contribution is 5.95. The first-order valence-corrected chi connectivity index (χ1v) is 7.45. The van der Waals surface area contributed by atoms with Gasteiger partial charge in [-0.1, -0.05) is 6.07 Å². The summed E-state index contributed by atoms with van der Waals surface area (Å²) in [6.45, 7) is 6.75. The number of morpholine rings is 1. The van der Waals surface area contributed by atoms with Crippen LogP contribution in [0.4, 0.5) is 5.69 Å². The average molecular weight is 306 g/mol. The van der Waals surface area contributed by atoms with Crippen LogP contribution in [-0.4, -0.2) is 55.7 Å². The zero-order valence-electron chi connectivity index (χ0n) is 13.0. The van der Waals surface area contributed by atoms with Gasteiger partial charge in [-0.05, 0) is 32.0 Å². The van der Waals surface area contributed by atoms with Gasteiger partial charge in [-0.2, -0.15) is 0 Å². The van der Waals surface area contributed by atoms with Crippen LogP contribution < -0.4 is 5.32 Å². The first kappa shape index (κ1) is 16.5. The van der Waals surface area contributed by atoms with Crippen molar-refractivity contribution in [2.75, 3.05) is 38.2 Å². The van der Waals surface area contributed by atoms with E-state index in [4.69, 9.17) is 9.47 Å². The number of carbonyl (C=O) groups is 2. The lowest BCUT2D eigenvalue weighted by Crippen LogP contribution is -2.41. The maximum atomic E-state index is 12.0. The summed E-state index contributed by atoms with van der Waals surface area (Å²) < 4.78 is 10.4. The number of anilines is 1. The second-order valence-electron chi connectivity index (χ2n) is 5.47. The van der Waals surface area contributed by atoms with Crippen molar-refractivity contribution in [2.24, 2.45) is 0 Å². The zero-order chi connectivity index (χ0) is 15.9. The molecule has 0 atom stereocenters. The van der Waals surface area contributed by atoms with Gasteiger partial charge in [0, 0.05) is 18.8 Å². The molecule has 22 heavy (non-hydrogen) atoms. The van der Waals surface area contributed by atoms with E-state index < -0.39 is 0 Å². The van der Waals surface area contributed by atoms with Gasteiger partial charge in [-0.15, -0.1) is 0 Å². The number of ether oxygens (including phenoxy) is 2. The van der Waals surface area contributed by atoms with Gasteiger partial charge in [0.2, 0.25) is 5.91 Å². The first-order chi connectivity index (χ1) is 10.5. The van der Waals surface area contributed by atoms with Gasteiger partial charge in [-0.3, -0.25) is 9.69 Å². The van der Waals surface area contributed by atoms with Crippen molar-refractivity contribution in [3.05, 3.63) is 29.8 Å². The summed E-state index contributed by atoms with van der Waals surface area (Å²) in [6.07, 6.45) is -0.174. The molecule has 6 nitrogen and oxygen atoms in total. The van der Waals surface area contributed by atoms with E-state index in [-0.39, 0.29) is 18.0 Å². The van der Waals surface area contributed by atoms with Crippen molar-refractivity contribution in [3.63, 3.8) is 0 Å². The lowest BCUT2D eigenvalue weighted by Gasteiger charge is -2.25. The van der Waals surface area contributed by atoms with E-state index >= 15 is 0 Å². The Morgan fingerprint density at radius 1 is 1.32 bits per heavy atom. The van der Waals surface area contributed by atoms with Crippen LogP contribution in [0.15, 0.2) is 24.3 Å². The third-order valence-electron chi connectivity index (χ3n) is 3.20. The molecule has 1 amide bonds. The normalized spacial score (nSPS) is 15.6. The molecule has 1 aliphatic heterocycles. The summed E-state index contributed by atoms with van der Waals surface area (Å²) in [5.41, 5.74) is 1.02. The summed E-state index contributed by atoms with van der Waals surface area (Å²) in [6, 6.07) is 6.77. The van der Waals surface area contributed by atoms with E-state index in [1.807, 2.05) is 4.90 Å². The van der Waals surface area contributed by atoms with Crippen molar-refractivity contribution in [2.45, 2.75) is 20.0 Å². The van der Waals surface area contributed by atoms with Gasteiger partial charge in [0.15, 0.2) is 0 Å². The molecule has 2 rings (SSSR count). The van der Waals surface area contributed by atoms with Crippen LogP contribution in [0.1, 0.15) is 24.2 Å². The Labute approximate surface area is 130 Å². The Balaban J connectivity index is 1.91. The van der Waals surface area contributed by atoms with Gasteiger partial charge in [0.25, 0.3) is 0 Å². The number of hydrogen-bond donors (Lipinski definition) is 1. The largest absolute Gasteiger partial charge is 0.459 e. The van der Waals surface area contributed by atoms with E-state index in [2.05, 4.69) is 5.32 Å². The number of esters is 1. The monoisotopic (exact) mass is 306 g/mol. The number of carbonyl (C=O) groups excluding carboxylic acids is 2. The van der Waals surface area contributed by atoms with Crippen LogP contribution in [0.5, 0.6) is 0 Å². The molecule has 0 radical (unpaired) electrons. The summed E-state index contributed by atoms with van der Waals surface area (Å²) in [4.78, 5) is 25.9. The van der Waals surface area contributed by atoms with Crippen molar-refractivity contribution >= 4 is 17.6 Å². The van der Waals surface area contributed by atoms with Crippen LogP contribution in [0, 0.1) is 0 Å². The SMILES string of the molecule is CC(C)OC(=O)c1cccc(NC(=O)CN2CCOCC2)c1. The lowest BCUT2D eigenvalue weighted by atomic mass is 10.2. The molecule has 6 heteroatoms. The van der Waals surface area contributed by atoms with Crippen molar-refractivity contribution in [1.29, 1.82) is 0 Å². The van der Waals surface area contributed by atoms with Crippen LogP contribution in [0.2, 0.25) is 0 Å². The highest BCUT2D eigenvalue weighted by Gasteiger charge is 2.15. The maximum Gasteiger partial charge on any atom is 0.338 e. The molecule has 1 saturated heterocycles. The number of amides is 1. The quantitative estimate of drug-likeness (QED) is 0.836. The van der Waals surface area contributed by atoms with Crippen molar-refractivity contribution in [3.8, 4) is 0 Å². The Kier molecular flexibility index (Phi) is 5.91. The smallest absolute Gasteiger partial charge is 0.338 e. The third-order valence-corrected chi connectivity index (χ3v) is 3.20.